The van der Waals surface area contributed by atoms with Gasteiger partial charge in [0, 0.05) is 16.5 Å². The van der Waals surface area contributed by atoms with Crippen LogP contribution in [-0.2, 0) is 10.9 Å². The Morgan fingerprint density at radius 2 is 1.75 bits per heavy atom. The maximum absolute atomic E-state index is 12.8. The van der Waals surface area contributed by atoms with Gasteiger partial charge in [-0.2, -0.15) is 0 Å². The van der Waals surface area contributed by atoms with Gasteiger partial charge in [-0.1, -0.05) is 38.1 Å². The van der Waals surface area contributed by atoms with Gasteiger partial charge in [0.15, 0.2) is 4.75 Å². The van der Waals surface area contributed by atoms with Crippen LogP contribution in [0.2, 0.25) is 0 Å². The molecule has 1 atom stereocenters. The predicted molar refractivity (Wildman–Crippen MR) is 89.9 cm³/mol. The number of carbonyl (C=O) groups excluding carboxylic acids is 1. The highest BCUT2D eigenvalue weighted by Gasteiger charge is 2.46. The van der Waals surface area contributed by atoms with Crippen molar-refractivity contribution in [1.29, 1.82) is 0 Å². The van der Waals surface area contributed by atoms with E-state index in [0.717, 1.165) is 12.0 Å². The van der Waals surface area contributed by atoms with Gasteiger partial charge < -0.3 is 0 Å². The van der Waals surface area contributed by atoms with E-state index >= 15 is 0 Å². The molecule has 0 radical (unpaired) electrons. The lowest BCUT2D eigenvalue weighted by molar-refractivity contribution is 0.0956. The van der Waals surface area contributed by atoms with Crippen molar-refractivity contribution in [2.45, 2.75) is 57.6 Å². The first-order valence-electron chi connectivity index (χ1n) is 7.79. The Morgan fingerprint density at radius 1 is 1.20 bits per heavy atom. The molecule has 0 aliphatic carbocycles. The van der Waals surface area contributed by atoms with E-state index in [9.17, 15) is 4.79 Å². The van der Waals surface area contributed by atoms with Gasteiger partial charge in [0.05, 0.1) is 0 Å². The van der Waals surface area contributed by atoms with E-state index in [1.807, 2.05) is 12.1 Å². The molecule has 110 valence electrons. The zero-order valence-corrected chi connectivity index (χ0v) is 14.1. The largest absolute Gasteiger partial charge is 0.288 e. The molecule has 0 spiro atoms. The molecule has 2 rings (SSSR count). The van der Waals surface area contributed by atoms with E-state index in [1.165, 1.54) is 29.9 Å². The Balaban J connectivity index is 2.16. The molecule has 0 N–H and O–H groups in total. The number of carbonyl (C=O) groups is 1. The normalized spacial score (nSPS) is 18.2. The van der Waals surface area contributed by atoms with E-state index < -0.39 is 0 Å². The van der Waals surface area contributed by atoms with Crippen LogP contribution in [-0.4, -0.2) is 22.0 Å². The van der Waals surface area contributed by atoms with E-state index in [1.54, 1.807) is 0 Å². The molecular formula is C18H27OS+. The summed E-state index contributed by atoms with van der Waals surface area (Å²) in [7, 11) is 0.267. The molecule has 1 nitrogen and oxygen atoms in total. The van der Waals surface area contributed by atoms with Gasteiger partial charge in [0.25, 0.3) is 0 Å². The Kier molecular flexibility index (Phi) is 4.95. The van der Waals surface area contributed by atoms with E-state index in [2.05, 4.69) is 39.8 Å². The van der Waals surface area contributed by atoms with Gasteiger partial charge in [-0.15, -0.1) is 0 Å². The Hall–Kier alpha value is -0.760. The molecule has 1 aliphatic heterocycles. The zero-order valence-electron chi connectivity index (χ0n) is 13.2. The Labute approximate surface area is 126 Å². The highest BCUT2D eigenvalue weighted by atomic mass is 32.2. The van der Waals surface area contributed by atoms with Crippen molar-refractivity contribution in [3.05, 3.63) is 35.4 Å². The summed E-state index contributed by atoms with van der Waals surface area (Å²) < 4.78 is -0.186. The third-order valence-electron chi connectivity index (χ3n) is 4.65. The quantitative estimate of drug-likeness (QED) is 0.573. The van der Waals surface area contributed by atoms with Gasteiger partial charge in [0.2, 0.25) is 5.78 Å². The van der Waals surface area contributed by atoms with Gasteiger partial charge in [-0.05, 0) is 44.6 Å². The number of ketones is 1. The second-order valence-electron chi connectivity index (χ2n) is 6.38. The second kappa shape index (κ2) is 6.34. The number of hydrogen-bond donors (Lipinski definition) is 0. The lowest BCUT2D eigenvalue weighted by Gasteiger charge is -2.22. The van der Waals surface area contributed by atoms with E-state index in [-0.39, 0.29) is 15.6 Å². The van der Waals surface area contributed by atoms with Gasteiger partial charge in [-0.25, -0.2) is 0 Å². The predicted octanol–water partition coefficient (Wildman–Crippen LogP) is 4.57. The van der Waals surface area contributed by atoms with Crippen molar-refractivity contribution in [3.8, 4) is 0 Å². The minimum atomic E-state index is -0.186. The summed E-state index contributed by atoms with van der Waals surface area (Å²) in [6, 6.07) is 8.33. The van der Waals surface area contributed by atoms with Gasteiger partial charge in [0.1, 0.15) is 11.5 Å². The molecule has 1 unspecified atom stereocenters. The molecule has 1 heterocycles. The molecule has 2 heteroatoms. The summed E-state index contributed by atoms with van der Waals surface area (Å²) in [5.41, 5.74) is 2.23. The number of rotatable bonds is 5. The second-order valence-corrected chi connectivity index (χ2v) is 9.20. The molecule has 1 fully saturated rings. The summed E-state index contributed by atoms with van der Waals surface area (Å²) in [5.74, 6) is 3.38. The third-order valence-corrected chi connectivity index (χ3v) is 7.85. The average Bonchev–Trinajstić information content (AvgIpc) is 3.00. The average molecular weight is 291 g/mol. The maximum atomic E-state index is 12.8. The zero-order chi connectivity index (χ0) is 14.8. The van der Waals surface area contributed by atoms with Crippen molar-refractivity contribution in [2.75, 3.05) is 11.5 Å². The summed E-state index contributed by atoms with van der Waals surface area (Å²) >= 11 is 0. The number of Topliss-reactive ketones (excluding diaryl/α,β-unsaturated/α-hetero) is 1. The Morgan fingerprint density at radius 3 is 2.25 bits per heavy atom. The highest BCUT2D eigenvalue weighted by molar-refractivity contribution is 7.99. The van der Waals surface area contributed by atoms with Crippen molar-refractivity contribution in [2.24, 2.45) is 0 Å². The van der Waals surface area contributed by atoms with Crippen LogP contribution in [0.1, 0.15) is 68.8 Å². The maximum Gasteiger partial charge on any atom is 0.217 e. The lowest BCUT2D eigenvalue weighted by Crippen LogP contribution is -2.41. The lowest BCUT2D eigenvalue weighted by atomic mass is 9.94. The molecule has 1 saturated heterocycles. The molecule has 1 aromatic carbocycles. The fourth-order valence-electron chi connectivity index (χ4n) is 2.84. The molecule has 1 aromatic rings. The molecule has 1 aliphatic rings. The van der Waals surface area contributed by atoms with Crippen molar-refractivity contribution < 1.29 is 4.79 Å². The van der Waals surface area contributed by atoms with Crippen molar-refractivity contribution in [3.63, 3.8) is 0 Å². The standard InChI is InChI=1S/C18H27OS/c1-5-14(2)15-8-10-16(11-9-15)17(19)18(3,4)20-12-6-7-13-20/h8-11,14H,5-7,12-13H2,1-4H3/q+1. The first kappa shape index (κ1) is 15.6. The fourth-order valence-corrected chi connectivity index (χ4v) is 5.55. The minimum Gasteiger partial charge on any atom is -0.288 e. The highest BCUT2D eigenvalue weighted by Crippen LogP contribution is 2.31. The smallest absolute Gasteiger partial charge is 0.217 e. The molecule has 0 amide bonds. The fraction of sp³-hybridized carbons (Fsp3) is 0.611. The van der Waals surface area contributed by atoms with Crippen LogP contribution in [0.5, 0.6) is 0 Å². The molecule has 0 saturated carbocycles. The summed E-state index contributed by atoms with van der Waals surface area (Å²) in [6.07, 6.45) is 3.74. The molecule has 0 bridgehead atoms. The molecular weight excluding hydrogens is 264 g/mol. The number of hydrogen-bond acceptors (Lipinski definition) is 1. The van der Waals surface area contributed by atoms with Crippen LogP contribution in [0, 0.1) is 0 Å². The summed E-state index contributed by atoms with van der Waals surface area (Å²) in [5, 5.41) is 0. The van der Waals surface area contributed by atoms with Crippen molar-refractivity contribution >= 4 is 16.7 Å². The molecule has 20 heavy (non-hydrogen) atoms. The first-order chi connectivity index (χ1) is 9.46. The van der Waals surface area contributed by atoms with Crippen LogP contribution in [0.25, 0.3) is 0 Å². The SMILES string of the molecule is CCC(C)c1ccc(C(=O)C(C)(C)[S+]2CCCC2)cc1. The molecule has 0 aromatic heterocycles. The van der Waals surface area contributed by atoms with E-state index in [0.29, 0.717) is 11.7 Å². The van der Waals surface area contributed by atoms with Crippen LogP contribution in [0.3, 0.4) is 0 Å². The van der Waals surface area contributed by atoms with Gasteiger partial charge >= 0.3 is 0 Å². The summed E-state index contributed by atoms with van der Waals surface area (Å²) in [4.78, 5) is 12.8. The monoisotopic (exact) mass is 291 g/mol. The van der Waals surface area contributed by atoms with Crippen LogP contribution >= 0.6 is 0 Å². The topological polar surface area (TPSA) is 17.1 Å². The van der Waals surface area contributed by atoms with E-state index in [4.69, 9.17) is 0 Å². The number of benzene rings is 1. The minimum absolute atomic E-state index is 0.186. The third kappa shape index (κ3) is 3.11. The van der Waals surface area contributed by atoms with Crippen molar-refractivity contribution in [1.82, 2.24) is 0 Å². The van der Waals surface area contributed by atoms with Crippen LogP contribution in [0.4, 0.5) is 0 Å². The van der Waals surface area contributed by atoms with Crippen LogP contribution in [0.15, 0.2) is 24.3 Å². The first-order valence-corrected chi connectivity index (χ1v) is 9.35. The summed E-state index contributed by atoms with van der Waals surface area (Å²) in [6.45, 7) is 8.73. The van der Waals surface area contributed by atoms with Gasteiger partial charge in [-0.3, -0.25) is 4.79 Å². The Bertz CT molecular complexity index is 455. The van der Waals surface area contributed by atoms with Crippen LogP contribution < -0.4 is 0 Å².